The first-order valence-corrected chi connectivity index (χ1v) is 10.4. The molecule has 1 amide bonds. The topological polar surface area (TPSA) is 147 Å². The molecule has 12 heteroatoms. The summed E-state index contributed by atoms with van der Waals surface area (Å²) < 4.78 is 10.9. The number of nitrogens with one attached hydrogen (secondary N) is 1. The Morgan fingerprint density at radius 2 is 2.09 bits per heavy atom. The van der Waals surface area contributed by atoms with Gasteiger partial charge in [0.1, 0.15) is 6.54 Å². The van der Waals surface area contributed by atoms with E-state index < -0.39 is 35.7 Å². The number of nitrogens with zero attached hydrogens (tertiary/aromatic N) is 3. The SMILES string of the molecule is Cc1nc(-c2cccc(NC(=O)COC(=O)Cn3c(=O)oc4cc([N+](=O)[O-])ccc43)c2)cs1. The average Bonchev–Trinajstić information content (AvgIpc) is 3.35. The monoisotopic (exact) mass is 468 g/mol. The van der Waals surface area contributed by atoms with Crippen LogP contribution in [0.1, 0.15) is 5.01 Å². The van der Waals surface area contributed by atoms with Crippen LogP contribution in [0.2, 0.25) is 0 Å². The third-order valence-electron chi connectivity index (χ3n) is 4.58. The molecule has 2 aromatic heterocycles. The Morgan fingerprint density at radius 3 is 2.82 bits per heavy atom. The molecule has 0 saturated carbocycles. The number of anilines is 1. The molecule has 11 nitrogen and oxygen atoms in total. The number of oxazole rings is 1. The molecule has 0 atom stereocenters. The van der Waals surface area contributed by atoms with E-state index in [2.05, 4.69) is 10.3 Å². The summed E-state index contributed by atoms with van der Waals surface area (Å²) in [5.41, 5.74) is 2.05. The minimum atomic E-state index is -0.874. The van der Waals surface area contributed by atoms with Gasteiger partial charge in [0.15, 0.2) is 12.2 Å². The number of aromatic nitrogens is 2. The molecule has 0 aliphatic heterocycles. The zero-order valence-electron chi connectivity index (χ0n) is 17.1. The van der Waals surface area contributed by atoms with E-state index in [-0.39, 0.29) is 16.8 Å². The molecule has 33 heavy (non-hydrogen) atoms. The Balaban J connectivity index is 1.37. The molecule has 0 bridgehead atoms. The summed E-state index contributed by atoms with van der Waals surface area (Å²) in [6, 6.07) is 10.7. The van der Waals surface area contributed by atoms with E-state index in [1.807, 2.05) is 18.4 Å². The van der Waals surface area contributed by atoms with Crippen molar-refractivity contribution in [1.29, 1.82) is 0 Å². The highest BCUT2D eigenvalue weighted by molar-refractivity contribution is 7.09. The van der Waals surface area contributed by atoms with E-state index >= 15 is 0 Å². The Labute approximate surface area is 189 Å². The first-order chi connectivity index (χ1) is 15.8. The van der Waals surface area contributed by atoms with Crippen molar-refractivity contribution in [3.8, 4) is 11.3 Å². The number of hydrogen-bond donors (Lipinski definition) is 1. The van der Waals surface area contributed by atoms with E-state index in [9.17, 15) is 24.5 Å². The molecule has 0 radical (unpaired) electrons. The average molecular weight is 468 g/mol. The number of ether oxygens (including phenoxy) is 1. The van der Waals surface area contributed by atoms with Crippen LogP contribution in [0.3, 0.4) is 0 Å². The lowest BCUT2D eigenvalue weighted by molar-refractivity contribution is -0.384. The number of carbonyl (C=O) groups excluding carboxylic acids is 2. The van der Waals surface area contributed by atoms with Gasteiger partial charge < -0.3 is 14.5 Å². The summed E-state index contributed by atoms with van der Waals surface area (Å²) in [6.07, 6.45) is 0. The van der Waals surface area contributed by atoms with Gasteiger partial charge in [-0.2, -0.15) is 0 Å². The van der Waals surface area contributed by atoms with Crippen molar-refractivity contribution in [3.05, 3.63) is 73.5 Å². The smallest absolute Gasteiger partial charge is 0.420 e. The number of carbonyl (C=O) groups is 2. The van der Waals surface area contributed by atoms with Crippen molar-refractivity contribution in [3.63, 3.8) is 0 Å². The van der Waals surface area contributed by atoms with Gasteiger partial charge in [-0.1, -0.05) is 12.1 Å². The number of aryl methyl sites for hydroxylation is 1. The number of benzene rings is 2. The van der Waals surface area contributed by atoms with Crippen LogP contribution in [0.15, 0.2) is 57.1 Å². The highest BCUT2D eigenvalue weighted by Crippen LogP contribution is 2.24. The van der Waals surface area contributed by atoms with Crippen LogP contribution >= 0.6 is 11.3 Å². The van der Waals surface area contributed by atoms with Crippen molar-refractivity contribution in [2.75, 3.05) is 11.9 Å². The third kappa shape index (κ3) is 4.96. The summed E-state index contributed by atoms with van der Waals surface area (Å²) in [4.78, 5) is 51.0. The van der Waals surface area contributed by atoms with Gasteiger partial charge in [-0.25, -0.2) is 9.78 Å². The fourth-order valence-electron chi connectivity index (χ4n) is 3.09. The fourth-order valence-corrected chi connectivity index (χ4v) is 3.71. The highest BCUT2D eigenvalue weighted by Gasteiger charge is 2.17. The Kier molecular flexibility index (Phi) is 6.00. The Morgan fingerprint density at radius 1 is 1.27 bits per heavy atom. The van der Waals surface area contributed by atoms with Crippen LogP contribution in [-0.2, 0) is 20.9 Å². The van der Waals surface area contributed by atoms with E-state index in [1.165, 1.54) is 23.5 Å². The minimum Gasteiger partial charge on any atom is -0.454 e. The number of nitro benzene ring substituents is 1. The van der Waals surface area contributed by atoms with Crippen LogP contribution < -0.4 is 11.1 Å². The molecule has 0 saturated heterocycles. The summed E-state index contributed by atoms with van der Waals surface area (Å²) >= 11 is 1.52. The normalized spacial score (nSPS) is 10.8. The van der Waals surface area contributed by atoms with E-state index in [1.54, 1.807) is 18.2 Å². The number of esters is 1. The molecule has 168 valence electrons. The van der Waals surface area contributed by atoms with Crippen molar-refractivity contribution >= 4 is 45.7 Å². The van der Waals surface area contributed by atoms with Gasteiger partial charge in [-0.15, -0.1) is 11.3 Å². The molecule has 0 aliphatic carbocycles. The lowest BCUT2D eigenvalue weighted by Crippen LogP contribution is -2.25. The number of rotatable bonds is 7. The molecule has 0 unspecified atom stereocenters. The van der Waals surface area contributed by atoms with Crippen LogP contribution in [0.25, 0.3) is 22.4 Å². The molecule has 2 aromatic carbocycles. The van der Waals surface area contributed by atoms with Crippen LogP contribution in [-0.4, -0.2) is 33.0 Å². The number of thiazole rings is 1. The van der Waals surface area contributed by atoms with Gasteiger partial charge in [0, 0.05) is 22.7 Å². The lowest BCUT2D eigenvalue weighted by Gasteiger charge is -2.08. The lowest BCUT2D eigenvalue weighted by atomic mass is 10.1. The van der Waals surface area contributed by atoms with Crippen LogP contribution in [0.5, 0.6) is 0 Å². The highest BCUT2D eigenvalue weighted by atomic mass is 32.1. The quantitative estimate of drug-likeness (QED) is 0.247. The molecular weight excluding hydrogens is 452 g/mol. The largest absolute Gasteiger partial charge is 0.454 e. The summed E-state index contributed by atoms with van der Waals surface area (Å²) in [6.45, 7) is 0.822. The maximum atomic E-state index is 12.2. The maximum absolute atomic E-state index is 12.2. The molecule has 0 aliphatic rings. The first kappa shape index (κ1) is 21.9. The van der Waals surface area contributed by atoms with E-state index in [0.29, 0.717) is 5.69 Å². The molecule has 1 N–H and O–H groups in total. The molecule has 4 aromatic rings. The van der Waals surface area contributed by atoms with Crippen LogP contribution in [0, 0.1) is 17.0 Å². The van der Waals surface area contributed by atoms with E-state index in [0.717, 1.165) is 26.9 Å². The maximum Gasteiger partial charge on any atom is 0.420 e. The molecule has 4 rings (SSSR count). The van der Waals surface area contributed by atoms with Crippen molar-refractivity contribution in [2.24, 2.45) is 0 Å². The summed E-state index contributed by atoms with van der Waals surface area (Å²) in [7, 11) is 0. The first-order valence-electron chi connectivity index (χ1n) is 9.56. The molecular formula is C21H16N4O7S. The summed E-state index contributed by atoms with van der Waals surface area (Å²) in [5.74, 6) is -2.28. The van der Waals surface area contributed by atoms with Crippen molar-refractivity contribution in [1.82, 2.24) is 9.55 Å². The van der Waals surface area contributed by atoms with Gasteiger partial charge >= 0.3 is 11.7 Å². The van der Waals surface area contributed by atoms with Gasteiger partial charge in [-0.05, 0) is 25.1 Å². The third-order valence-corrected chi connectivity index (χ3v) is 5.35. The van der Waals surface area contributed by atoms with Gasteiger partial charge in [0.05, 0.1) is 27.2 Å². The number of nitro groups is 1. The predicted octanol–water partition coefficient (Wildman–Crippen LogP) is 3.12. The van der Waals surface area contributed by atoms with Crippen molar-refractivity contribution in [2.45, 2.75) is 13.5 Å². The minimum absolute atomic E-state index is 0.0325. The number of fused-ring (bicyclic) bond motifs is 1. The number of amides is 1. The van der Waals surface area contributed by atoms with Gasteiger partial charge in [-0.3, -0.25) is 24.3 Å². The standard InChI is InChI=1S/C21H16N4O7S/c1-12-22-16(11-33-12)13-3-2-4-14(7-13)23-19(26)10-31-20(27)9-24-17-6-5-15(25(29)30)8-18(17)32-21(24)28/h2-8,11H,9-10H2,1H3,(H,23,26). The predicted molar refractivity (Wildman–Crippen MR) is 119 cm³/mol. The van der Waals surface area contributed by atoms with Gasteiger partial charge in [0.2, 0.25) is 0 Å². The second-order valence-electron chi connectivity index (χ2n) is 6.90. The zero-order valence-corrected chi connectivity index (χ0v) is 18.0. The fraction of sp³-hybridized carbons (Fsp3) is 0.143. The van der Waals surface area contributed by atoms with E-state index in [4.69, 9.17) is 9.15 Å². The second kappa shape index (κ2) is 9.04. The number of non-ortho nitro benzene ring substituents is 1. The summed E-state index contributed by atoms with van der Waals surface area (Å²) in [5, 5.41) is 16.3. The Bertz CT molecular complexity index is 1440. The Hall–Kier alpha value is -4.32. The second-order valence-corrected chi connectivity index (χ2v) is 7.97. The number of hydrogen-bond acceptors (Lipinski definition) is 9. The molecule has 0 spiro atoms. The molecule has 0 fully saturated rings. The zero-order chi connectivity index (χ0) is 23.5. The van der Waals surface area contributed by atoms with Crippen molar-refractivity contribution < 1.29 is 23.7 Å². The van der Waals surface area contributed by atoms with Crippen LogP contribution in [0.4, 0.5) is 11.4 Å². The molecule has 2 heterocycles. The van der Waals surface area contributed by atoms with Gasteiger partial charge in [0.25, 0.3) is 11.6 Å².